The molecule has 0 aliphatic carbocycles. The van der Waals surface area contributed by atoms with Gasteiger partial charge in [-0.05, 0) is 37.5 Å². The van der Waals surface area contributed by atoms with Crippen LogP contribution in [0.15, 0.2) is 18.2 Å². The molecule has 116 valence electrons. The van der Waals surface area contributed by atoms with Crippen LogP contribution in [0.3, 0.4) is 0 Å². The summed E-state index contributed by atoms with van der Waals surface area (Å²) < 4.78 is 5.03. The first kappa shape index (κ1) is 15.8. The van der Waals surface area contributed by atoms with Crippen LogP contribution in [-0.4, -0.2) is 35.1 Å². The van der Waals surface area contributed by atoms with Crippen molar-refractivity contribution >= 4 is 5.78 Å². The minimum absolute atomic E-state index is 0.130. The average molecular weight is 292 g/mol. The summed E-state index contributed by atoms with van der Waals surface area (Å²) in [6.45, 7) is 5.35. The van der Waals surface area contributed by atoms with Gasteiger partial charge in [-0.2, -0.15) is 0 Å². The number of Topliss-reactive ketones (excluding diaryl/α,β-unsaturated/α-hetero) is 1. The van der Waals surface area contributed by atoms with Crippen LogP contribution in [0.2, 0.25) is 0 Å². The van der Waals surface area contributed by atoms with Crippen molar-refractivity contribution in [1.82, 2.24) is 10.4 Å². The number of hydrogen-bond donors (Lipinski definition) is 2. The first-order chi connectivity index (χ1) is 10.0. The Kier molecular flexibility index (Phi) is 4.85. The van der Waals surface area contributed by atoms with Gasteiger partial charge in [0.15, 0.2) is 17.3 Å². The number of ether oxygens (including phenoxy) is 1. The van der Waals surface area contributed by atoms with Crippen molar-refractivity contribution in [2.75, 3.05) is 13.7 Å². The van der Waals surface area contributed by atoms with Crippen LogP contribution in [0, 0.1) is 0 Å². The van der Waals surface area contributed by atoms with Gasteiger partial charge >= 0.3 is 0 Å². The summed E-state index contributed by atoms with van der Waals surface area (Å²) in [7, 11) is 1.53. The Balaban J connectivity index is 2.02. The molecule has 1 aliphatic rings. The Hall–Kier alpha value is -1.59. The van der Waals surface area contributed by atoms with E-state index in [2.05, 4.69) is 5.43 Å². The molecule has 0 saturated carbocycles. The second-order valence-corrected chi connectivity index (χ2v) is 5.65. The van der Waals surface area contributed by atoms with Gasteiger partial charge in [0.1, 0.15) is 0 Å². The zero-order valence-electron chi connectivity index (χ0n) is 13.0. The number of methoxy groups -OCH3 is 1. The van der Waals surface area contributed by atoms with Crippen molar-refractivity contribution in [3.63, 3.8) is 0 Å². The Morgan fingerprint density at radius 1 is 1.52 bits per heavy atom. The van der Waals surface area contributed by atoms with Gasteiger partial charge in [0, 0.05) is 19.5 Å². The maximum atomic E-state index is 12.2. The third-order valence-corrected chi connectivity index (χ3v) is 4.28. The second kappa shape index (κ2) is 6.45. The number of nitrogens with zero attached hydrogens (tertiary/aromatic N) is 1. The molecule has 2 rings (SSSR count). The number of ketones is 1. The Morgan fingerprint density at radius 3 is 2.90 bits per heavy atom. The molecule has 0 radical (unpaired) electrons. The van der Waals surface area contributed by atoms with E-state index in [9.17, 15) is 9.90 Å². The minimum atomic E-state index is -0.413. The maximum absolute atomic E-state index is 12.2. The third-order valence-electron chi connectivity index (χ3n) is 4.28. The molecule has 0 unspecified atom stereocenters. The molecule has 0 aromatic heterocycles. The highest BCUT2D eigenvalue weighted by Crippen LogP contribution is 2.30. The van der Waals surface area contributed by atoms with E-state index in [1.807, 2.05) is 24.9 Å². The summed E-state index contributed by atoms with van der Waals surface area (Å²) in [5.41, 5.74) is 3.87. The van der Waals surface area contributed by atoms with Crippen molar-refractivity contribution in [1.29, 1.82) is 0 Å². The molecule has 1 aliphatic heterocycles. The highest BCUT2D eigenvalue weighted by atomic mass is 16.5. The fraction of sp³-hybridized carbons (Fsp3) is 0.562. The van der Waals surface area contributed by atoms with Gasteiger partial charge in [-0.25, -0.2) is 10.4 Å². The number of hydrazine groups is 1. The highest BCUT2D eigenvalue weighted by molar-refractivity contribution is 5.87. The molecule has 1 aromatic carbocycles. The predicted octanol–water partition coefficient (Wildman–Crippen LogP) is 2.24. The van der Waals surface area contributed by atoms with Crippen LogP contribution in [0.25, 0.3) is 0 Å². The van der Waals surface area contributed by atoms with Gasteiger partial charge in [-0.1, -0.05) is 13.0 Å². The van der Waals surface area contributed by atoms with Crippen molar-refractivity contribution in [2.24, 2.45) is 0 Å². The standard InChI is InChI=1S/C16H24N2O3/c1-4-15(20)16(2)8-5-9-18(16)17-11-12-6-7-14(21-3)13(19)10-12/h6-7,10,17,19H,4-5,8-9,11H2,1-3H3/t16-/m1/s1. The molecular weight excluding hydrogens is 268 g/mol. The van der Waals surface area contributed by atoms with E-state index < -0.39 is 5.54 Å². The molecular formula is C16H24N2O3. The molecule has 1 heterocycles. The Labute approximate surface area is 125 Å². The van der Waals surface area contributed by atoms with Gasteiger partial charge in [0.2, 0.25) is 0 Å². The van der Waals surface area contributed by atoms with Crippen molar-refractivity contribution < 1.29 is 14.6 Å². The number of hydrogen-bond acceptors (Lipinski definition) is 5. The quantitative estimate of drug-likeness (QED) is 0.842. The van der Waals surface area contributed by atoms with Crippen LogP contribution in [0.5, 0.6) is 11.5 Å². The molecule has 5 heteroatoms. The molecule has 1 saturated heterocycles. The number of benzene rings is 1. The zero-order valence-corrected chi connectivity index (χ0v) is 13.0. The lowest BCUT2D eigenvalue weighted by Crippen LogP contribution is -2.53. The lowest BCUT2D eigenvalue weighted by molar-refractivity contribution is -0.130. The molecule has 5 nitrogen and oxygen atoms in total. The van der Waals surface area contributed by atoms with Gasteiger partial charge in [0.05, 0.1) is 12.6 Å². The monoisotopic (exact) mass is 292 g/mol. The SMILES string of the molecule is CCC(=O)[C@@]1(C)CCCN1NCc1ccc(OC)c(O)c1. The normalized spacial score (nSPS) is 22.4. The first-order valence-corrected chi connectivity index (χ1v) is 7.41. The number of carbonyl (C=O) groups excluding carboxylic acids is 1. The molecule has 21 heavy (non-hydrogen) atoms. The highest BCUT2D eigenvalue weighted by Gasteiger charge is 2.41. The number of phenolic OH excluding ortho intramolecular Hbond substituents is 1. The second-order valence-electron chi connectivity index (χ2n) is 5.65. The average Bonchev–Trinajstić information content (AvgIpc) is 2.86. The van der Waals surface area contributed by atoms with E-state index in [4.69, 9.17) is 4.74 Å². The summed E-state index contributed by atoms with van der Waals surface area (Å²) in [6, 6.07) is 5.33. The van der Waals surface area contributed by atoms with Crippen molar-refractivity contribution in [2.45, 2.75) is 45.2 Å². The number of rotatable bonds is 6. The van der Waals surface area contributed by atoms with Crippen LogP contribution < -0.4 is 10.2 Å². The lowest BCUT2D eigenvalue weighted by Gasteiger charge is -2.34. The third kappa shape index (κ3) is 3.19. The van der Waals surface area contributed by atoms with E-state index >= 15 is 0 Å². The number of carbonyl (C=O) groups is 1. The number of aromatic hydroxyl groups is 1. The maximum Gasteiger partial charge on any atom is 0.160 e. The number of phenols is 1. The van der Waals surface area contributed by atoms with Crippen LogP contribution >= 0.6 is 0 Å². The summed E-state index contributed by atoms with van der Waals surface area (Å²) in [6.07, 6.45) is 2.46. The minimum Gasteiger partial charge on any atom is -0.504 e. The molecule has 2 N–H and O–H groups in total. The lowest BCUT2D eigenvalue weighted by atomic mass is 9.92. The number of nitrogens with one attached hydrogen (secondary N) is 1. The molecule has 0 amide bonds. The molecule has 0 spiro atoms. The van der Waals surface area contributed by atoms with E-state index in [0.717, 1.165) is 24.9 Å². The Bertz CT molecular complexity index is 518. The topological polar surface area (TPSA) is 61.8 Å². The fourth-order valence-corrected chi connectivity index (χ4v) is 2.92. The molecule has 0 bridgehead atoms. The molecule has 1 aromatic rings. The molecule has 1 fully saturated rings. The van der Waals surface area contributed by atoms with Crippen LogP contribution in [0.4, 0.5) is 0 Å². The predicted molar refractivity (Wildman–Crippen MR) is 81.1 cm³/mol. The largest absolute Gasteiger partial charge is 0.504 e. The van der Waals surface area contributed by atoms with E-state index in [1.165, 1.54) is 7.11 Å². The molecule has 1 atom stereocenters. The van der Waals surface area contributed by atoms with E-state index in [1.54, 1.807) is 12.1 Å². The van der Waals surface area contributed by atoms with Gasteiger partial charge in [-0.15, -0.1) is 0 Å². The van der Waals surface area contributed by atoms with E-state index in [-0.39, 0.29) is 11.5 Å². The van der Waals surface area contributed by atoms with Crippen LogP contribution in [0.1, 0.15) is 38.7 Å². The van der Waals surface area contributed by atoms with Gasteiger partial charge in [0.25, 0.3) is 0 Å². The van der Waals surface area contributed by atoms with E-state index in [0.29, 0.717) is 18.7 Å². The summed E-state index contributed by atoms with van der Waals surface area (Å²) in [5, 5.41) is 11.8. The zero-order chi connectivity index (χ0) is 15.5. The summed E-state index contributed by atoms with van der Waals surface area (Å²) in [4.78, 5) is 12.2. The summed E-state index contributed by atoms with van der Waals surface area (Å²) in [5.74, 6) is 0.863. The van der Waals surface area contributed by atoms with Gasteiger partial charge in [-0.3, -0.25) is 4.79 Å². The fourth-order valence-electron chi connectivity index (χ4n) is 2.92. The smallest absolute Gasteiger partial charge is 0.160 e. The van der Waals surface area contributed by atoms with Crippen molar-refractivity contribution in [3.8, 4) is 11.5 Å². The first-order valence-electron chi connectivity index (χ1n) is 7.41. The summed E-state index contributed by atoms with van der Waals surface area (Å²) >= 11 is 0. The van der Waals surface area contributed by atoms with Gasteiger partial charge < -0.3 is 9.84 Å². The van der Waals surface area contributed by atoms with Crippen LogP contribution in [-0.2, 0) is 11.3 Å². The van der Waals surface area contributed by atoms with Crippen molar-refractivity contribution in [3.05, 3.63) is 23.8 Å². The Morgan fingerprint density at radius 2 is 2.29 bits per heavy atom.